The summed E-state index contributed by atoms with van der Waals surface area (Å²) >= 11 is 0. The molecule has 0 radical (unpaired) electrons. The summed E-state index contributed by atoms with van der Waals surface area (Å²) in [7, 11) is 0. The van der Waals surface area contributed by atoms with E-state index in [-0.39, 0.29) is 12.2 Å². The Kier molecular flexibility index (Phi) is 6.96. The molecule has 0 bridgehead atoms. The van der Waals surface area contributed by atoms with Gasteiger partial charge in [-0.05, 0) is 25.8 Å². The van der Waals surface area contributed by atoms with E-state index in [1.807, 2.05) is 0 Å². The highest BCUT2D eigenvalue weighted by Crippen LogP contribution is 2.02. The van der Waals surface area contributed by atoms with E-state index in [1.165, 1.54) is 0 Å². The van der Waals surface area contributed by atoms with Gasteiger partial charge < -0.3 is 17.2 Å². The van der Waals surface area contributed by atoms with E-state index in [4.69, 9.17) is 17.2 Å². The number of carbonyl (C=O) groups is 2. The molecule has 0 aliphatic heterocycles. The van der Waals surface area contributed by atoms with Gasteiger partial charge in [-0.15, -0.1) is 0 Å². The molecule has 5 heteroatoms. The molecule has 14 heavy (non-hydrogen) atoms. The summed E-state index contributed by atoms with van der Waals surface area (Å²) in [5.41, 5.74) is 15.8. The number of hydrogen-bond donors (Lipinski definition) is 3. The monoisotopic (exact) mass is 201 g/mol. The SMILES string of the molecule is NCCCCC(=O)[C@@H](N)CCC(N)=O. The summed E-state index contributed by atoms with van der Waals surface area (Å²) in [6.45, 7) is 0.587. The van der Waals surface area contributed by atoms with Gasteiger partial charge in [-0.2, -0.15) is 0 Å². The first-order chi connectivity index (χ1) is 6.57. The average Bonchev–Trinajstić information content (AvgIpc) is 2.14. The molecule has 1 amide bonds. The van der Waals surface area contributed by atoms with Gasteiger partial charge in [0.1, 0.15) is 5.78 Å². The minimum atomic E-state index is -0.555. The molecule has 0 aromatic heterocycles. The number of unbranched alkanes of at least 4 members (excludes halogenated alkanes) is 1. The first-order valence-electron chi connectivity index (χ1n) is 4.84. The van der Waals surface area contributed by atoms with Crippen LogP contribution in [-0.2, 0) is 9.59 Å². The third kappa shape index (κ3) is 6.56. The van der Waals surface area contributed by atoms with Crippen molar-refractivity contribution in [2.75, 3.05) is 6.54 Å². The van der Waals surface area contributed by atoms with E-state index in [9.17, 15) is 9.59 Å². The van der Waals surface area contributed by atoms with Gasteiger partial charge in [-0.25, -0.2) is 0 Å². The molecule has 0 saturated heterocycles. The second-order valence-electron chi connectivity index (χ2n) is 3.32. The van der Waals surface area contributed by atoms with Gasteiger partial charge >= 0.3 is 0 Å². The fraction of sp³-hybridized carbons (Fsp3) is 0.778. The summed E-state index contributed by atoms with van der Waals surface area (Å²) < 4.78 is 0. The Morgan fingerprint density at radius 2 is 1.79 bits per heavy atom. The molecule has 0 unspecified atom stereocenters. The Bertz CT molecular complexity index is 194. The lowest BCUT2D eigenvalue weighted by Crippen LogP contribution is -2.31. The Hall–Kier alpha value is -0.940. The second kappa shape index (κ2) is 7.46. The molecule has 0 fully saturated rings. The van der Waals surface area contributed by atoms with Crippen LogP contribution in [0, 0.1) is 0 Å². The summed E-state index contributed by atoms with van der Waals surface area (Å²) in [5.74, 6) is -0.435. The Morgan fingerprint density at radius 3 is 2.29 bits per heavy atom. The number of rotatable bonds is 8. The van der Waals surface area contributed by atoms with E-state index < -0.39 is 11.9 Å². The zero-order chi connectivity index (χ0) is 11.0. The van der Waals surface area contributed by atoms with Crippen molar-refractivity contribution in [1.82, 2.24) is 0 Å². The van der Waals surface area contributed by atoms with E-state index in [0.29, 0.717) is 19.4 Å². The Morgan fingerprint density at radius 1 is 1.14 bits per heavy atom. The third-order valence-electron chi connectivity index (χ3n) is 1.99. The first kappa shape index (κ1) is 13.1. The molecular formula is C9H19N3O2. The standard InChI is InChI=1S/C9H19N3O2/c10-6-2-1-3-8(13)7(11)4-5-9(12)14/h7H,1-6,10-11H2,(H2,12,14)/t7-/m0/s1. The van der Waals surface area contributed by atoms with Crippen LogP contribution < -0.4 is 17.2 Å². The molecular weight excluding hydrogens is 182 g/mol. The second-order valence-corrected chi connectivity index (χ2v) is 3.32. The predicted molar refractivity (Wildman–Crippen MR) is 54.3 cm³/mol. The van der Waals surface area contributed by atoms with Crippen molar-refractivity contribution < 1.29 is 9.59 Å². The lowest BCUT2D eigenvalue weighted by atomic mass is 10.0. The van der Waals surface area contributed by atoms with Crippen molar-refractivity contribution in [3.05, 3.63) is 0 Å². The van der Waals surface area contributed by atoms with Crippen LogP contribution in [0.4, 0.5) is 0 Å². The quantitative estimate of drug-likeness (QED) is 0.450. The van der Waals surface area contributed by atoms with Crippen molar-refractivity contribution >= 4 is 11.7 Å². The van der Waals surface area contributed by atoms with Gasteiger partial charge in [0.25, 0.3) is 0 Å². The maximum Gasteiger partial charge on any atom is 0.217 e. The fourth-order valence-corrected chi connectivity index (χ4v) is 1.09. The summed E-state index contributed by atoms with van der Waals surface area (Å²) in [6, 6.07) is -0.555. The molecule has 0 aromatic rings. The van der Waals surface area contributed by atoms with Gasteiger partial charge in [-0.1, -0.05) is 0 Å². The number of amides is 1. The Labute approximate surface area is 84.0 Å². The van der Waals surface area contributed by atoms with E-state index >= 15 is 0 Å². The van der Waals surface area contributed by atoms with Crippen LogP contribution in [0.2, 0.25) is 0 Å². The molecule has 0 spiro atoms. The molecule has 0 aliphatic carbocycles. The van der Waals surface area contributed by atoms with E-state index in [0.717, 1.165) is 12.8 Å². The maximum absolute atomic E-state index is 11.3. The van der Waals surface area contributed by atoms with Crippen LogP contribution >= 0.6 is 0 Å². The summed E-state index contributed by atoms with van der Waals surface area (Å²) in [5, 5.41) is 0. The molecule has 6 N–H and O–H groups in total. The largest absolute Gasteiger partial charge is 0.370 e. The number of carbonyl (C=O) groups excluding carboxylic acids is 2. The number of Topliss-reactive ketones (excluding diaryl/α,β-unsaturated/α-hetero) is 1. The topological polar surface area (TPSA) is 112 Å². The van der Waals surface area contributed by atoms with Gasteiger partial charge in [0.05, 0.1) is 6.04 Å². The summed E-state index contributed by atoms with van der Waals surface area (Å²) in [6.07, 6.45) is 2.55. The summed E-state index contributed by atoms with van der Waals surface area (Å²) in [4.78, 5) is 21.7. The molecule has 1 atom stereocenters. The van der Waals surface area contributed by atoms with Crippen molar-refractivity contribution in [3.8, 4) is 0 Å². The fourth-order valence-electron chi connectivity index (χ4n) is 1.09. The third-order valence-corrected chi connectivity index (χ3v) is 1.99. The molecule has 0 heterocycles. The predicted octanol–water partition coefficient (Wildman–Crippen LogP) is -0.723. The number of ketones is 1. The lowest BCUT2D eigenvalue weighted by Gasteiger charge is -2.08. The van der Waals surface area contributed by atoms with Gasteiger partial charge in [0.15, 0.2) is 0 Å². The first-order valence-corrected chi connectivity index (χ1v) is 4.84. The molecule has 5 nitrogen and oxygen atoms in total. The van der Waals surface area contributed by atoms with Crippen LogP contribution in [-0.4, -0.2) is 24.3 Å². The highest BCUT2D eigenvalue weighted by atomic mass is 16.1. The minimum Gasteiger partial charge on any atom is -0.370 e. The normalized spacial score (nSPS) is 12.4. The Balaban J connectivity index is 3.59. The molecule has 0 rings (SSSR count). The smallest absolute Gasteiger partial charge is 0.217 e. The van der Waals surface area contributed by atoms with Gasteiger partial charge in [0, 0.05) is 12.8 Å². The van der Waals surface area contributed by atoms with Crippen LogP contribution in [0.5, 0.6) is 0 Å². The number of primary amides is 1. The van der Waals surface area contributed by atoms with Crippen molar-refractivity contribution in [2.45, 2.75) is 38.1 Å². The average molecular weight is 201 g/mol. The van der Waals surface area contributed by atoms with Crippen LogP contribution in [0.15, 0.2) is 0 Å². The number of hydrogen-bond acceptors (Lipinski definition) is 4. The van der Waals surface area contributed by atoms with Crippen LogP contribution in [0.25, 0.3) is 0 Å². The molecule has 82 valence electrons. The molecule has 0 saturated carbocycles. The van der Waals surface area contributed by atoms with Crippen molar-refractivity contribution in [3.63, 3.8) is 0 Å². The zero-order valence-electron chi connectivity index (χ0n) is 8.37. The van der Waals surface area contributed by atoms with Gasteiger partial charge in [-0.3, -0.25) is 9.59 Å². The van der Waals surface area contributed by atoms with Crippen molar-refractivity contribution in [2.24, 2.45) is 17.2 Å². The minimum absolute atomic E-state index is 0.0142. The van der Waals surface area contributed by atoms with Crippen LogP contribution in [0.3, 0.4) is 0 Å². The maximum atomic E-state index is 11.3. The lowest BCUT2D eigenvalue weighted by molar-refractivity contribution is -0.121. The molecule has 0 aromatic carbocycles. The van der Waals surface area contributed by atoms with E-state index in [2.05, 4.69) is 0 Å². The van der Waals surface area contributed by atoms with E-state index in [1.54, 1.807) is 0 Å². The van der Waals surface area contributed by atoms with Crippen molar-refractivity contribution in [1.29, 1.82) is 0 Å². The van der Waals surface area contributed by atoms with Gasteiger partial charge in [0.2, 0.25) is 5.91 Å². The van der Waals surface area contributed by atoms with Crippen LogP contribution in [0.1, 0.15) is 32.1 Å². The zero-order valence-corrected chi connectivity index (χ0v) is 8.37. The number of nitrogens with two attached hydrogens (primary N) is 3. The highest BCUT2D eigenvalue weighted by Gasteiger charge is 2.13. The highest BCUT2D eigenvalue weighted by molar-refractivity contribution is 5.84. The molecule has 0 aliphatic rings.